The highest BCUT2D eigenvalue weighted by Gasteiger charge is 2.33. The van der Waals surface area contributed by atoms with E-state index in [9.17, 15) is 13.2 Å². The minimum atomic E-state index is -3.62. The van der Waals surface area contributed by atoms with E-state index in [1.54, 1.807) is 24.3 Å². The summed E-state index contributed by atoms with van der Waals surface area (Å²) in [7, 11) is -3.62. The van der Waals surface area contributed by atoms with Gasteiger partial charge in [0.15, 0.2) is 0 Å². The van der Waals surface area contributed by atoms with Crippen molar-refractivity contribution in [2.24, 2.45) is 5.92 Å². The minimum Gasteiger partial charge on any atom is -0.349 e. The Bertz CT molecular complexity index is 1220. The van der Waals surface area contributed by atoms with Crippen LogP contribution in [0.5, 0.6) is 0 Å². The number of carbonyl (C=O) groups excluding carboxylic acids is 1. The third-order valence-corrected chi connectivity index (χ3v) is 8.51. The van der Waals surface area contributed by atoms with Crippen LogP contribution in [0.15, 0.2) is 59.8 Å². The molecule has 0 radical (unpaired) electrons. The van der Waals surface area contributed by atoms with Crippen LogP contribution in [0, 0.1) is 5.92 Å². The Morgan fingerprint density at radius 1 is 1.00 bits per heavy atom. The smallest absolute Gasteiger partial charge is 0.243 e. The molecule has 0 spiro atoms. The second-order valence-electron chi connectivity index (χ2n) is 8.58. The van der Waals surface area contributed by atoms with E-state index in [4.69, 9.17) is 0 Å². The molecule has 2 aliphatic rings. The van der Waals surface area contributed by atoms with Crippen molar-refractivity contribution in [2.75, 3.05) is 13.1 Å². The molecule has 1 atom stereocenters. The van der Waals surface area contributed by atoms with Crippen LogP contribution in [-0.2, 0) is 21.2 Å². The zero-order chi connectivity index (χ0) is 22.8. The molecule has 1 saturated heterocycles. The summed E-state index contributed by atoms with van der Waals surface area (Å²) in [6.07, 6.45) is 5.53. The fourth-order valence-corrected chi connectivity index (χ4v) is 6.22. The number of fused-ring (bicyclic) bond motifs is 1. The third-order valence-electron chi connectivity index (χ3n) is 6.60. The van der Waals surface area contributed by atoms with Gasteiger partial charge in [0.05, 0.1) is 16.6 Å². The number of piperidine rings is 1. The van der Waals surface area contributed by atoms with Gasteiger partial charge in [0.2, 0.25) is 15.9 Å². The van der Waals surface area contributed by atoms with E-state index in [1.807, 2.05) is 12.1 Å². The Kier molecular flexibility index (Phi) is 5.94. The molecule has 172 valence electrons. The Hall–Kier alpha value is -3.11. The van der Waals surface area contributed by atoms with Crippen molar-refractivity contribution in [2.45, 2.75) is 43.0 Å². The Labute approximate surface area is 192 Å². The monoisotopic (exact) mass is 466 g/mol. The summed E-state index contributed by atoms with van der Waals surface area (Å²) in [5.74, 6) is -0.146. The molecule has 1 N–H and O–H groups in total. The van der Waals surface area contributed by atoms with E-state index >= 15 is 0 Å². The fourth-order valence-electron chi connectivity index (χ4n) is 4.75. The number of hydrogen-bond donors (Lipinski definition) is 1. The van der Waals surface area contributed by atoms with Gasteiger partial charge >= 0.3 is 0 Å². The first-order valence-corrected chi connectivity index (χ1v) is 12.7. The molecule has 0 unspecified atom stereocenters. The van der Waals surface area contributed by atoms with E-state index in [0.717, 1.165) is 19.3 Å². The number of amides is 1. The molecule has 10 heteroatoms. The molecule has 1 aliphatic carbocycles. The molecule has 1 fully saturated rings. The van der Waals surface area contributed by atoms with Crippen molar-refractivity contribution in [1.82, 2.24) is 29.8 Å². The van der Waals surface area contributed by atoms with Crippen molar-refractivity contribution < 1.29 is 13.2 Å². The first-order valence-electron chi connectivity index (χ1n) is 11.2. The van der Waals surface area contributed by atoms with Gasteiger partial charge in [-0.05, 0) is 77.9 Å². The van der Waals surface area contributed by atoms with E-state index in [0.29, 0.717) is 31.6 Å². The van der Waals surface area contributed by atoms with E-state index in [-0.39, 0.29) is 22.8 Å². The number of aromatic nitrogens is 4. The molecule has 1 aliphatic heterocycles. The van der Waals surface area contributed by atoms with Gasteiger partial charge in [-0.15, -0.1) is 5.10 Å². The highest BCUT2D eigenvalue weighted by atomic mass is 32.2. The number of tetrazole rings is 1. The number of nitrogens with zero attached hydrogens (tertiary/aromatic N) is 5. The number of sulfonamides is 1. The van der Waals surface area contributed by atoms with Crippen LogP contribution in [0.4, 0.5) is 0 Å². The van der Waals surface area contributed by atoms with Gasteiger partial charge in [-0.2, -0.15) is 4.31 Å². The maximum absolute atomic E-state index is 13.1. The second kappa shape index (κ2) is 9.03. The Morgan fingerprint density at radius 3 is 2.48 bits per heavy atom. The first-order chi connectivity index (χ1) is 16.0. The van der Waals surface area contributed by atoms with Crippen LogP contribution in [0.1, 0.15) is 42.9 Å². The fraction of sp³-hybridized carbons (Fsp3) is 0.391. The van der Waals surface area contributed by atoms with Crippen molar-refractivity contribution in [3.05, 3.63) is 66.0 Å². The number of nitrogens with one attached hydrogen (secondary N) is 1. The number of aryl methyl sites for hydroxylation is 1. The highest BCUT2D eigenvalue weighted by molar-refractivity contribution is 7.89. The normalized spacial score (nSPS) is 19.7. The lowest BCUT2D eigenvalue weighted by atomic mass is 9.87. The first kappa shape index (κ1) is 21.7. The average Bonchev–Trinajstić information content (AvgIpc) is 3.40. The average molecular weight is 467 g/mol. The van der Waals surface area contributed by atoms with Gasteiger partial charge in [0.1, 0.15) is 6.33 Å². The quantitative estimate of drug-likeness (QED) is 0.618. The summed E-state index contributed by atoms with van der Waals surface area (Å²) in [6.45, 7) is 0.660. The molecule has 0 saturated carbocycles. The number of benzene rings is 2. The minimum absolute atomic E-state index is 0.0274. The molecule has 1 amide bonds. The molecule has 33 heavy (non-hydrogen) atoms. The maximum atomic E-state index is 13.1. The molecule has 0 bridgehead atoms. The SMILES string of the molecule is O=C(N[C@@H]1CCCc2ccccc21)C1CCN(S(=O)(=O)c2ccc(-n3cnnn3)cc2)CC1. The lowest BCUT2D eigenvalue weighted by Gasteiger charge is -2.32. The van der Waals surface area contributed by atoms with Gasteiger partial charge in [-0.3, -0.25) is 4.79 Å². The van der Waals surface area contributed by atoms with Gasteiger partial charge in [-0.1, -0.05) is 24.3 Å². The number of rotatable bonds is 5. The van der Waals surface area contributed by atoms with E-state index < -0.39 is 10.0 Å². The van der Waals surface area contributed by atoms with Crippen LogP contribution < -0.4 is 5.32 Å². The van der Waals surface area contributed by atoms with Gasteiger partial charge in [0, 0.05) is 19.0 Å². The van der Waals surface area contributed by atoms with Crippen molar-refractivity contribution in [3.63, 3.8) is 0 Å². The molecule has 2 aromatic carbocycles. The largest absolute Gasteiger partial charge is 0.349 e. The van der Waals surface area contributed by atoms with Crippen LogP contribution in [0.25, 0.3) is 5.69 Å². The summed E-state index contributed by atoms with van der Waals surface area (Å²) < 4.78 is 29.1. The maximum Gasteiger partial charge on any atom is 0.243 e. The summed E-state index contributed by atoms with van der Waals surface area (Å²) in [4.78, 5) is 13.2. The zero-order valence-corrected chi connectivity index (χ0v) is 19.0. The molecule has 1 aromatic heterocycles. The predicted octanol–water partition coefficient (Wildman–Crippen LogP) is 2.26. The van der Waals surface area contributed by atoms with Crippen LogP contribution in [0.2, 0.25) is 0 Å². The standard InChI is InChI=1S/C23H26N6O3S/c30-23(25-22-7-3-5-17-4-1-2-6-21(17)22)18-12-14-28(15-13-18)33(31,32)20-10-8-19(9-11-20)29-16-24-26-27-29/h1-2,4,6,8-11,16,18,22H,3,5,7,12-15H2,(H,25,30)/t22-/m1/s1. The highest BCUT2D eigenvalue weighted by Crippen LogP contribution is 2.31. The van der Waals surface area contributed by atoms with Crippen molar-refractivity contribution >= 4 is 15.9 Å². The lowest BCUT2D eigenvalue weighted by molar-refractivity contribution is -0.127. The van der Waals surface area contributed by atoms with E-state index in [2.05, 4.69) is 33.0 Å². The molecule has 3 aromatic rings. The Morgan fingerprint density at radius 2 is 1.76 bits per heavy atom. The van der Waals surface area contributed by atoms with Gasteiger partial charge < -0.3 is 5.32 Å². The van der Waals surface area contributed by atoms with E-state index in [1.165, 1.54) is 26.4 Å². The van der Waals surface area contributed by atoms with Crippen LogP contribution in [-0.4, -0.2) is 51.9 Å². The Balaban J connectivity index is 1.20. The summed E-state index contributed by atoms with van der Waals surface area (Å²) >= 11 is 0. The molecular formula is C23H26N6O3S. The summed E-state index contributed by atoms with van der Waals surface area (Å²) in [5.41, 5.74) is 3.20. The zero-order valence-electron chi connectivity index (χ0n) is 18.2. The van der Waals surface area contributed by atoms with Gasteiger partial charge in [-0.25, -0.2) is 13.1 Å². The summed E-state index contributed by atoms with van der Waals surface area (Å²) in [6, 6.07) is 14.8. The van der Waals surface area contributed by atoms with Crippen molar-refractivity contribution in [3.8, 4) is 5.69 Å². The topological polar surface area (TPSA) is 110 Å². The molecule has 5 rings (SSSR count). The molecule has 2 heterocycles. The number of hydrogen-bond acceptors (Lipinski definition) is 6. The van der Waals surface area contributed by atoms with Crippen LogP contribution in [0.3, 0.4) is 0 Å². The molecule has 9 nitrogen and oxygen atoms in total. The third kappa shape index (κ3) is 4.40. The lowest BCUT2D eigenvalue weighted by Crippen LogP contribution is -2.44. The predicted molar refractivity (Wildman–Crippen MR) is 121 cm³/mol. The molecular weight excluding hydrogens is 440 g/mol. The van der Waals surface area contributed by atoms with Crippen molar-refractivity contribution in [1.29, 1.82) is 0 Å². The number of carbonyl (C=O) groups is 1. The summed E-state index contributed by atoms with van der Waals surface area (Å²) in [5, 5.41) is 14.2. The van der Waals surface area contributed by atoms with Gasteiger partial charge in [0.25, 0.3) is 0 Å². The van der Waals surface area contributed by atoms with Crippen LogP contribution >= 0.6 is 0 Å². The second-order valence-corrected chi connectivity index (χ2v) is 10.5.